The van der Waals surface area contributed by atoms with E-state index in [1.54, 1.807) is 0 Å². The Morgan fingerprint density at radius 1 is 0.857 bits per heavy atom. The Labute approximate surface area is 128 Å². The number of carbonyl (C=O) groups is 2. The van der Waals surface area contributed by atoms with Crippen LogP contribution in [0.1, 0.15) is 78.6 Å². The highest BCUT2D eigenvalue weighted by atomic mass is 16.4. The Hall–Kier alpha value is -1.10. The van der Waals surface area contributed by atoms with Crippen LogP contribution in [0.2, 0.25) is 0 Å². The molecule has 0 aliphatic carbocycles. The van der Waals surface area contributed by atoms with Gasteiger partial charge in [-0.3, -0.25) is 9.59 Å². The van der Waals surface area contributed by atoms with Gasteiger partial charge < -0.3 is 15.3 Å². The van der Waals surface area contributed by atoms with Crippen LogP contribution >= 0.6 is 0 Å². The molecule has 0 aliphatic rings. The van der Waals surface area contributed by atoms with Crippen LogP contribution < -0.4 is 0 Å². The zero-order valence-corrected chi connectivity index (χ0v) is 13.7. The van der Waals surface area contributed by atoms with E-state index in [9.17, 15) is 9.90 Å². The summed E-state index contributed by atoms with van der Waals surface area (Å²) in [6.45, 7) is 5.58. The lowest BCUT2D eigenvalue weighted by Crippen LogP contribution is -2.09. The molecule has 0 aromatic carbocycles. The average Bonchev–Trinajstić information content (AvgIpc) is 2.34. The van der Waals surface area contributed by atoms with E-state index in [2.05, 4.69) is 13.8 Å². The van der Waals surface area contributed by atoms with Crippen LogP contribution in [0, 0.1) is 5.92 Å². The molecule has 0 amide bonds. The van der Waals surface area contributed by atoms with Crippen molar-refractivity contribution in [1.82, 2.24) is 0 Å². The lowest BCUT2D eigenvalue weighted by atomic mass is 10.0. The summed E-state index contributed by atoms with van der Waals surface area (Å²) in [6, 6.07) is 0. The molecule has 0 saturated heterocycles. The number of aliphatic carboxylic acids is 2. The fourth-order valence-corrected chi connectivity index (χ4v) is 1.90. The summed E-state index contributed by atoms with van der Waals surface area (Å²) in [6.07, 6.45) is 8.09. The minimum Gasteiger partial charge on any atom is -0.481 e. The molecule has 0 bridgehead atoms. The third kappa shape index (κ3) is 27.9. The second-order valence-electron chi connectivity index (χ2n) is 5.84. The fourth-order valence-electron chi connectivity index (χ4n) is 1.90. The summed E-state index contributed by atoms with van der Waals surface area (Å²) in [5.74, 6) is -0.856. The molecule has 0 rings (SSSR count). The molecular formula is C16H32O5. The van der Waals surface area contributed by atoms with Gasteiger partial charge in [0.05, 0.1) is 6.10 Å². The van der Waals surface area contributed by atoms with E-state index in [0.29, 0.717) is 6.42 Å². The largest absolute Gasteiger partial charge is 0.481 e. The van der Waals surface area contributed by atoms with Crippen LogP contribution in [-0.4, -0.2) is 33.4 Å². The number of aliphatic hydroxyl groups excluding tert-OH is 1. The zero-order chi connectivity index (χ0) is 16.7. The molecule has 1 atom stereocenters. The van der Waals surface area contributed by atoms with E-state index in [1.807, 2.05) is 0 Å². The smallest absolute Gasteiger partial charge is 0.303 e. The summed E-state index contributed by atoms with van der Waals surface area (Å²) in [7, 11) is 0. The highest BCUT2D eigenvalue weighted by molar-refractivity contribution is 5.66. The van der Waals surface area contributed by atoms with E-state index < -0.39 is 18.0 Å². The lowest BCUT2D eigenvalue weighted by molar-refractivity contribution is -0.137. The van der Waals surface area contributed by atoms with E-state index in [4.69, 9.17) is 15.0 Å². The molecule has 5 nitrogen and oxygen atoms in total. The van der Waals surface area contributed by atoms with Gasteiger partial charge in [0.1, 0.15) is 0 Å². The van der Waals surface area contributed by atoms with Crippen molar-refractivity contribution in [2.24, 2.45) is 5.92 Å². The third-order valence-electron chi connectivity index (χ3n) is 3.01. The van der Waals surface area contributed by atoms with Crippen molar-refractivity contribution in [3.8, 4) is 0 Å². The van der Waals surface area contributed by atoms with Crippen molar-refractivity contribution in [3.63, 3.8) is 0 Å². The maximum absolute atomic E-state index is 10.3. The number of rotatable bonds is 11. The number of hydrogen-bond acceptors (Lipinski definition) is 3. The molecule has 0 heterocycles. The maximum atomic E-state index is 10.3. The molecule has 0 aromatic rings. The zero-order valence-electron chi connectivity index (χ0n) is 13.7. The van der Waals surface area contributed by atoms with Gasteiger partial charge in [0.25, 0.3) is 5.97 Å². The topological polar surface area (TPSA) is 94.8 Å². The van der Waals surface area contributed by atoms with Crippen LogP contribution in [0.15, 0.2) is 0 Å². The Balaban J connectivity index is 0. The van der Waals surface area contributed by atoms with Gasteiger partial charge in [-0.2, -0.15) is 0 Å². The van der Waals surface area contributed by atoms with Gasteiger partial charge in [-0.15, -0.1) is 0 Å². The van der Waals surface area contributed by atoms with Crippen LogP contribution in [0.5, 0.6) is 0 Å². The molecule has 5 heteroatoms. The van der Waals surface area contributed by atoms with Crippen LogP contribution in [0.25, 0.3) is 0 Å². The molecule has 0 saturated carbocycles. The molecular weight excluding hydrogens is 272 g/mol. The monoisotopic (exact) mass is 304 g/mol. The van der Waals surface area contributed by atoms with Crippen molar-refractivity contribution >= 4 is 11.9 Å². The van der Waals surface area contributed by atoms with Gasteiger partial charge in [0.2, 0.25) is 0 Å². The summed E-state index contributed by atoms with van der Waals surface area (Å²) in [5, 5.41) is 25.4. The Morgan fingerprint density at radius 3 is 1.71 bits per heavy atom. The molecule has 0 aromatic heterocycles. The molecule has 126 valence electrons. The lowest BCUT2D eigenvalue weighted by Gasteiger charge is -2.08. The van der Waals surface area contributed by atoms with Crippen molar-refractivity contribution < 1.29 is 24.9 Å². The number of carboxylic acid groups (broad SMARTS) is 2. The molecule has 1 unspecified atom stereocenters. The minimum absolute atomic E-state index is 0.0789. The second-order valence-corrected chi connectivity index (χ2v) is 5.84. The summed E-state index contributed by atoms with van der Waals surface area (Å²) in [5.41, 5.74) is 0. The molecule has 21 heavy (non-hydrogen) atoms. The predicted molar refractivity (Wildman–Crippen MR) is 83.3 cm³/mol. The highest BCUT2D eigenvalue weighted by Gasteiger charge is 2.06. The Kier molecular flexibility index (Phi) is 16.2. The van der Waals surface area contributed by atoms with E-state index in [1.165, 1.54) is 25.7 Å². The molecule has 0 fully saturated rings. The predicted octanol–water partition coefficient (Wildman–Crippen LogP) is 3.69. The van der Waals surface area contributed by atoms with Crippen molar-refractivity contribution in [3.05, 3.63) is 0 Å². The fraction of sp³-hybridized carbons (Fsp3) is 0.875. The summed E-state index contributed by atoms with van der Waals surface area (Å²) >= 11 is 0. The molecule has 0 spiro atoms. The van der Waals surface area contributed by atoms with Crippen LogP contribution in [0.3, 0.4) is 0 Å². The van der Waals surface area contributed by atoms with Gasteiger partial charge in [0.15, 0.2) is 0 Å². The first-order chi connectivity index (χ1) is 9.75. The minimum atomic E-state index is -0.833. The summed E-state index contributed by atoms with van der Waals surface area (Å²) in [4.78, 5) is 19.3. The van der Waals surface area contributed by atoms with Crippen molar-refractivity contribution in [1.29, 1.82) is 0 Å². The normalized spacial score (nSPS) is 11.7. The van der Waals surface area contributed by atoms with Gasteiger partial charge in [-0.05, 0) is 18.8 Å². The first-order valence-corrected chi connectivity index (χ1v) is 7.85. The SMILES string of the molecule is CC(=O)O.CC(C)CCCCCCCC(O)CCC(=O)O. The van der Waals surface area contributed by atoms with Gasteiger partial charge in [-0.1, -0.05) is 52.4 Å². The van der Waals surface area contributed by atoms with Crippen LogP contribution in [0.4, 0.5) is 0 Å². The van der Waals surface area contributed by atoms with Gasteiger partial charge >= 0.3 is 5.97 Å². The Bertz CT molecular complexity index is 259. The average molecular weight is 304 g/mol. The summed E-state index contributed by atoms with van der Waals surface area (Å²) < 4.78 is 0. The molecule has 3 N–H and O–H groups in total. The van der Waals surface area contributed by atoms with Crippen LogP contribution in [-0.2, 0) is 9.59 Å². The third-order valence-corrected chi connectivity index (χ3v) is 3.01. The standard InChI is InChI=1S/C14H28O3.C2H4O2/c1-12(2)8-6-4-3-5-7-9-13(15)10-11-14(16)17;1-2(3)4/h12-13,15H,3-11H2,1-2H3,(H,16,17);1H3,(H,3,4). The van der Waals surface area contributed by atoms with E-state index in [-0.39, 0.29) is 6.42 Å². The van der Waals surface area contributed by atoms with Gasteiger partial charge in [-0.25, -0.2) is 0 Å². The second kappa shape index (κ2) is 15.3. The van der Waals surface area contributed by atoms with E-state index in [0.717, 1.165) is 32.1 Å². The molecule has 0 aliphatic heterocycles. The highest BCUT2D eigenvalue weighted by Crippen LogP contribution is 2.13. The molecule has 0 radical (unpaired) electrons. The number of carboxylic acids is 2. The van der Waals surface area contributed by atoms with Crippen molar-refractivity contribution in [2.75, 3.05) is 0 Å². The van der Waals surface area contributed by atoms with Crippen molar-refractivity contribution in [2.45, 2.75) is 84.7 Å². The first-order valence-electron chi connectivity index (χ1n) is 7.85. The number of hydrogen-bond donors (Lipinski definition) is 3. The first kappa shape index (κ1) is 22.2. The maximum Gasteiger partial charge on any atom is 0.303 e. The van der Waals surface area contributed by atoms with Gasteiger partial charge in [0, 0.05) is 13.3 Å². The number of unbranched alkanes of at least 4 members (excludes halogenated alkanes) is 4. The van der Waals surface area contributed by atoms with E-state index >= 15 is 0 Å². The number of aliphatic hydroxyl groups is 1. The Morgan fingerprint density at radius 2 is 1.29 bits per heavy atom. The quantitative estimate of drug-likeness (QED) is 0.506.